The summed E-state index contributed by atoms with van der Waals surface area (Å²) in [5, 5.41) is 7.43. The second-order valence-corrected chi connectivity index (χ2v) is 11.1. The highest BCUT2D eigenvalue weighted by Gasteiger charge is 2.31. The third kappa shape index (κ3) is 5.27. The number of hydrogen-bond acceptors (Lipinski definition) is 9. The zero-order chi connectivity index (χ0) is 28.6. The first-order valence-electron chi connectivity index (χ1n) is 11.2. The molecule has 0 amide bonds. The number of carbonyl (C=O) groups excluding carboxylic acids is 1. The molecule has 1 heterocycles. The third-order valence-electron chi connectivity index (χ3n) is 5.36. The number of carbonyl (C=O) groups is 1. The lowest BCUT2D eigenvalue weighted by Crippen LogP contribution is -2.16. The van der Waals surface area contributed by atoms with Gasteiger partial charge in [0.05, 0.1) is 23.7 Å². The number of anilines is 1. The fourth-order valence-electron chi connectivity index (χ4n) is 3.95. The van der Waals surface area contributed by atoms with Gasteiger partial charge in [0, 0.05) is 16.5 Å². The van der Waals surface area contributed by atoms with E-state index in [2.05, 4.69) is 13.8 Å². The molecule has 0 saturated carbocycles. The second-order valence-electron chi connectivity index (χ2n) is 8.35. The summed E-state index contributed by atoms with van der Waals surface area (Å²) in [6.45, 7) is 5.98. The van der Waals surface area contributed by atoms with E-state index >= 15 is 0 Å². The van der Waals surface area contributed by atoms with Crippen LogP contribution < -0.4 is 11.1 Å². The quantitative estimate of drug-likeness (QED) is 0.120. The summed E-state index contributed by atoms with van der Waals surface area (Å²) in [6.07, 6.45) is 1.25. The van der Waals surface area contributed by atoms with Crippen LogP contribution in [0.1, 0.15) is 36.2 Å². The van der Waals surface area contributed by atoms with Gasteiger partial charge >= 0.3 is 5.97 Å². The number of nitrogens with two attached hydrogens (primary N) is 1. The van der Waals surface area contributed by atoms with Gasteiger partial charge in [-0.05, 0) is 42.8 Å². The molecular weight excluding hydrogens is 536 g/mol. The number of benzene rings is 3. The third-order valence-corrected chi connectivity index (χ3v) is 7.22. The van der Waals surface area contributed by atoms with Crippen LogP contribution in [0.5, 0.6) is 0 Å². The second kappa shape index (κ2) is 10.5. The standard InChI is InChI=1S/C22H18N2O9S2.C3H8/c1-10-3-4-11(22(25)32-2)14(9-10)17-12-5-7-15(23)20(34(26,27)28)18(12)33-19-13(17)6-8-16(24)21(19)35(29,30)31;1-3-2/h3-9,23H,24H2,1-2H3,(H,26,27,28)(H,29,30,31);3H2,1-2H3. The Bertz CT molecular complexity index is 1810. The van der Waals surface area contributed by atoms with E-state index < -0.39 is 58.4 Å². The number of nitrogen functional groups attached to an aromatic ring is 1. The molecule has 0 unspecified atom stereocenters. The molecule has 0 fully saturated rings. The van der Waals surface area contributed by atoms with Crippen molar-refractivity contribution in [2.24, 2.45) is 0 Å². The molecule has 0 saturated heterocycles. The Labute approximate surface area is 219 Å². The Morgan fingerprint density at radius 1 is 0.974 bits per heavy atom. The summed E-state index contributed by atoms with van der Waals surface area (Å²) >= 11 is 0. The van der Waals surface area contributed by atoms with E-state index in [9.17, 15) is 30.7 Å². The molecule has 0 bridgehead atoms. The van der Waals surface area contributed by atoms with Crippen molar-refractivity contribution >= 4 is 42.9 Å². The minimum absolute atomic E-state index is 0.0305. The van der Waals surface area contributed by atoms with Gasteiger partial charge in [-0.1, -0.05) is 38.0 Å². The Morgan fingerprint density at radius 2 is 1.58 bits per heavy atom. The molecule has 2 aliphatic rings. The van der Waals surface area contributed by atoms with Gasteiger partial charge in [0.2, 0.25) is 0 Å². The summed E-state index contributed by atoms with van der Waals surface area (Å²) in [5.41, 5.74) is 5.98. The van der Waals surface area contributed by atoms with Crippen LogP contribution in [0.25, 0.3) is 33.4 Å². The first kappa shape index (κ1) is 28.8. The Morgan fingerprint density at radius 3 is 2.13 bits per heavy atom. The Balaban J connectivity index is 0.00000127. The molecule has 2 aromatic rings. The lowest BCUT2D eigenvalue weighted by molar-refractivity contribution is 0.0601. The van der Waals surface area contributed by atoms with E-state index in [1.165, 1.54) is 37.8 Å². The summed E-state index contributed by atoms with van der Waals surface area (Å²) in [5.74, 6) is -1.31. The minimum Gasteiger partial charge on any atom is -0.465 e. The number of hydrogen-bond donors (Lipinski definition) is 4. The van der Waals surface area contributed by atoms with E-state index in [0.29, 0.717) is 5.56 Å². The van der Waals surface area contributed by atoms with E-state index in [4.69, 9.17) is 20.3 Å². The molecule has 0 radical (unpaired) electrons. The van der Waals surface area contributed by atoms with Crippen LogP contribution in [0.2, 0.25) is 0 Å². The average molecular weight is 563 g/mol. The first-order chi connectivity index (χ1) is 17.7. The van der Waals surface area contributed by atoms with Gasteiger partial charge < -0.3 is 14.9 Å². The predicted molar refractivity (Wildman–Crippen MR) is 140 cm³/mol. The van der Waals surface area contributed by atoms with E-state index in [1.54, 1.807) is 19.1 Å². The molecule has 11 nitrogen and oxygen atoms in total. The lowest BCUT2D eigenvalue weighted by Gasteiger charge is -2.20. The highest BCUT2D eigenvalue weighted by molar-refractivity contribution is 7.86. The number of ether oxygens (including phenoxy) is 1. The molecule has 5 N–H and O–H groups in total. The van der Waals surface area contributed by atoms with Crippen LogP contribution in [0.4, 0.5) is 5.69 Å². The van der Waals surface area contributed by atoms with Crippen LogP contribution in [-0.4, -0.2) is 39.0 Å². The van der Waals surface area contributed by atoms with Crippen LogP contribution in [0.15, 0.2) is 56.7 Å². The van der Waals surface area contributed by atoms with Crippen molar-refractivity contribution in [3.8, 4) is 22.5 Å². The van der Waals surface area contributed by atoms with Gasteiger partial charge in [-0.25, -0.2) is 4.79 Å². The molecule has 202 valence electrons. The monoisotopic (exact) mass is 562 g/mol. The average Bonchev–Trinajstić information content (AvgIpc) is 2.80. The van der Waals surface area contributed by atoms with Crippen LogP contribution in [0.3, 0.4) is 0 Å². The molecule has 2 aromatic carbocycles. The number of aryl methyl sites for hydroxylation is 1. The zero-order valence-corrected chi connectivity index (χ0v) is 22.5. The molecule has 1 aliphatic heterocycles. The van der Waals surface area contributed by atoms with Crippen molar-refractivity contribution in [2.75, 3.05) is 12.8 Å². The van der Waals surface area contributed by atoms with E-state index in [0.717, 1.165) is 6.07 Å². The van der Waals surface area contributed by atoms with Crippen LogP contribution >= 0.6 is 0 Å². The predicted octanol–water partition coefficient (Wildman–Crippen LogP) is 4.27. The van der Waals surface area contributed by atoms with Gasteiger partial charge in [0.1, 0.15) is 0 Å². The molecule has 0 atom stereocenters. The molecule has 13 heteroatoms. The van der Waals surface area contributed by atoms with Crippen molar-refractivity contribution < 1.29 is 39.9 Å². The normalized spacial score (nSPS) is 11.7. The maximum atomic E-state index is 12.6. The van der Waals surface area contributed by atoms with Crippen molar-refractivity contribution in [1.82, 2.24) is 0 Å². The molecule has 1 aliphatic carbocycles. The van der Waals surface area contributed by atoms with Gasteiger partial charge in [0.25, 0.3) is 20.2 Å². The minimum atomic E-state index is -5.04. The largest absolute Gasteiger partial charge is 0.465 e. The van der Waals surface area contributed by atoms with E-state index in [1.807, 2.05) is 0 Å². The van der Waals surface area contributed by atoms with Gasteiger partial charge in [-0.2, -0.15) is 16.8 Å². The van der Waals surface area contributed by atoms with Crippen molar-refractivity contribution in [3.05, 3.63) is 58.9 Å². The smallest absolute Gasteiger partial charge is 0.338 e. The summed E-state index contributed by atoms with van der Waals surface area (Å²) < 4.78 is 79.0. The van der Waals surface area contributed by atoms with Crippen LogP contribution in [-0.2, 0) is 25.0 Å². The van der Waals surface area contributed by atoms with Crippen molar-refractivity contribution in [1.29, 1.82) is 5.41 Å². The topological polar surface area (TPSA) is 198 Å². The number of fused-ring (bicyclic) bond motifs is 2. The summed E-state index contributed by atoms with van der Waals surface area (Å²) in [4.78, 5) is 10.8. The summed E-state index contributed by atoms with van der Waals surface area (Å²) in [7, 11) is -8.87. The zero-order valence-electron chi connectivity index (χ0n) is 20.9. The SMILES string of the molecule is CCC.COC(=O)c1ccc(C)cc1-c1c2ccc(=N)c(S(=O)(=O)O)c-2oc2c(S(=O)(=O)O)c(N)ccc12. The molecule has 38 heavy (non-hydrogen) atoms. The van der Waals surface area contributed by atoms with Crippen molar-refractivity contribution in [3.63, 3.8) is 0 Å². The number of methoxy groups -OCH3 is 1. The van der Waals surface area contributed by atoms with Gasteiger partial charge in [-0.3, -0.25) is 14.5 Å². The number of nitrogens with one attached hydrogen (secondary N) is 1. The fraction of sp³-hybridized carbons (Fsp3) is 0.200. The fourth-order valence-corrected chi connectivity index (χ4v) is 5.43. The Hall–Kier alpha value is -3.78. The van der Waals surface area contributed by atoms with Crippen molar-refractivity contribution in [2.45, 2.75) is 37.0 Å². The Kier molecular flexibility index (Phi) is 7.98. The highest BCUT2D eigenvalue weighted by Crippen LogP contribution is 2.45. The molecule has 4 rings (SSSR count). The first-order valence-corrected chi connectivity index (χ1v) is 14.1. The summed E-state index contributed by atoms with van der Waals surface area (Å²) in [6, 6.07) is 9.71. The lowest BCUT2D eigenvalue weighted by atomic mass is 9.89. The molecule has 0 aromatic heterocycles. The maximum Gasteiger partial charge on any atom is 0.338 e. The van der Waals surface area contributed by atoms with Gasteiger partial charge in [-0.15, -0.1) is 0 Å². The van der Waals surface area contributed by atoms with Crippen LogP contribution in [0, 0.1) is 12.3 Å². The highest BCUT2D eigenvalue weighted by atomic mass is 32.2. The number of rotatable bonds is 4. The van der Waals surface area contributed by atoms with E-state index in [-0.39, 0.29) is 27.6 Å². The number of esters is 1. The molecular formula is C25H26N2O9S2. The molecule has 0 spiro atoms. The van der Waals surface area contributed by atoms with Gasteiger partial charge in [0.15, 0.2) is 21.1 Å². The maximum absolute atomic E-state index is 12.6.